The fourth-order valence-corrected chi connectivity index (χ4v) is 3.05. The third-order valence-electron chi connectivity index (χ3n) is 4.02. The van der Waals surface area contributed by atoms with Gasteiger partial charge < -0.3 is 14.8 Å². The van der Waals surface area contributed by atoms with Gasteiger partial charge in [0, 0.05) is 11.8 Å². The van der Waals surface area contributed by atoms with Crippen molar-refractivity contribution in [2.75, 3.05) is 18.5 Å². The van der Waals surface area contributed by atoms with E-state index in [9.17, 15) is 0 Å². The monoisotopic (exact) mass is 297 g/mol. The van der Waals surface area contributed by atoms with Crippen molar-refractivity contribution >= 4 is 5.69 Å². The summed E-state index contributed by atoms with van der Waals surface area (Å²) in [6, 6.07) is 15.1. The van der Waals surface area contributed by atoms with E-state index in [4.69, 9.17) is 9.47 Å². The minimum absolute atomic E-state index is 0.378. The summed E-state index contributed by atoms with van der Waals surface area (Å²) in [5.41, 5.74) is 3.94. The maximum atomic E-state index is 5.70. The first-order valence-corrected chi connectivity index (χ1v) is 8.05. The molecule has 0 radical (unpaired) electrons. The second-order valence-corrected chi connectivity index (χ2v) is 5.46. The van der Waals surface area contributed by atoms with Crippen molar-refractivity contribution in [1.29, 1.82) is 0 Å². The number of aryl methyl sites for hydroxylation is 1. The fourth-order valence-electron chi connectivity index (χ4n) is 3.05. The molecule has 1 aliphatic rings. The average Bonchev–Trinajstić information content (AvgIpc) is 2.94. The lowest BCUT2D eigenvalue weighted by molar-refractivity contribution is 0.288. The van der Waals surface area contributed by atoms with Crippen molar-refractivity contribution in [3.8, 4) is 11.5 Å². The third-order valence-corrected chi connectivity index (χ3v) is 4.02. The van der Waals surface area contributed by atoms with Crippen molar-refractivity contribution in [2.24, 2.45) is 0 Å². The van der Waals surface area contributed by atoms with Crippen LogP contribution in [0.3, 0.4) is 0 Å². The van der Waals surface area contributed by atoms with Gasteiger partial charge in [0.05, 0.1) is 19.3 Å². The maximum Gasteiger partial charge on any atom is 0.163 e. The molecule has 3 rings (SSSR count). The zero-order valence-electron chi connectivity index (χ0n) is 13.3. The van der Waals surface area contributed by atoms with Crippen molar-refractivity contribution in [1.82, 2.24) is 0 Å². The van der Waals surface area contributed by atoms with Crippen LogP contribution in [0.2, 0.25) is 0 Å². The summed E-state index contributed by atoms with van der Waals surface area (Å²) in [4.78, 5) is 0. The molecule has 1 atom stereocenters. The molecule has 1 unspecified atom stereocenters. The quantitative estimate of drug-likeness (QED) is 0.846. The summed E-state index contributed by atoms with van der Waals surface area (Å²) in [6.45, 7) is 5.25. The highest BCUT2D eigenvalue weighted by Crippen LogP contribution is 2.36. The van der Waals surface area contributed by atoms with Crippen LogP contribution in [0, 0.1) is 0 Å². The van der Waals surface area contributed by atoms with E-state index in [-0.39, 0.29) is 0 Å². The van der Waals surface area contributed by atoms with Crippen molar-refractivity contribution in [3.05, 3.63) is 53.6 Å². The number of fused-ring (bicyclic) bond motifs is 1. The third kappa shape index (κ3) is 3.03. The molecule has 0 fully saturated rings. The van der Waals surface area contributed by atoms with Gasteiger partial charge in [-0.3, -0.25) is 0 Å². The summed E-state index contributed by atoms with van der Waals surface area (Å²) in [5, 5.41) is 3.63. The number of rotatable bonds is 6. The molecule has 0 aromatic heterocycles. The Morgan fingerprint density at radius 2 is 1.77 bits per heavy atom. The van der Waals surface area contributed by atoms with E-state index >= 15 is 0 Å². The Kier molecular flexibility index (Phi) is 4.52. The zero-order chi connectivity index (χ0) is 15.4. The predicted molar refractivity (Wildman–Crippen MR) is 89.9 cm³/mol. The second-order valence-electron chi connectivity index (χ2n) is 5.46. The van der Waals surface area contributed by atoms with E-state index in [1.54, 1.807) is 0 Å². The van der Waals surface area contributed by atoms with Gasteiger partial charge >= 0.3 is 0 Å². The molecule has 3 heteroatoms. The standard InChI is InChI=1S/C19H23NO2/c1-3-21-18-12-10-15(13-19(18)22-4-2)20-17-11-9-14-7-5-6-8-16(14)17/h5-8,10,12-13,17,20H,3-4,9,11H2,1-2H3. The largest absolute Gasteiger partial charge is 0.490 e. The molecule has 0 spiro atoms. The van der Waals surface area contributed by atoms with Crippen LogP contribution in [-0.4, -0.2) is 13.2 Å². The first-order valence-electron chi connectivity index (χ1n) is 8.05. The number of benzene rings is 2. The molecule has 1 N–H and O–H groups in total. The Balaban J connectivity index is 1.80. The molecular weight excluding hydrogens is 274 g/mol. The van der Waals surface area contributed by atoms with E-state index < -0.39 is 0 Å². The van der Waals surface area contributed by atoms with Gasteiger partial charge in [0.15, 0.2) is 11.5 Å². The second kappa shape index (κ2) is 6.73. The van der Waals surface area contributed by atoms with Gasteiger partial charge in [-0.25, -0.2) is 0 Å². The maximum absolute atomic E-state index is 5.70. The van der Waals surface area contributed by atoms with Gasteiger partial charge in [-0.2, -0.15) is 0 Å². The molecule has 3 nitrogen and oxygen atoms in total. The van der Waals surface area contributed by atoms with Gasteiger partial charge in [0.25, 0.3) is 0 Å². The Hall–Kier alpha value is -2.16. The average molecular weight is 297 g/mol. The molecule has 22 heavy (non-hydrogen) atoms. The van der Waals surface area contributed by atoms with Crippen LogP contribution in [0.25, 0.3) is 0 Å². The summed E-state index contributed by atoms with van der Waals surface area (Å²) < 4.78 is 11.3. The number of anilines is 1. The highest BCUT2D eigenvalue weighted by molar-refractivity contribution is 5.56. The normalized spacial score (nSPS) is 16.2. The lowest BCUT2D eigenvalue weighted by atomic mass is 10.1. The van der Waals surface area contributed by atoms with Gasteiger partial charge in [-0.05, 0) is 49.9 Å². The molecule has 2 aromatic carbocycles. The van der Waals surface area contributed by atoms with Crippen LogP contribution >= 0.6 is 0 Å². The molecule has 0 amide bonds. The van der Waals surface area contributed by atoms with Gasteiger partial charge in [0.2, 0.25) is 0 Å². The Bertz CT molecular complexity index is 639. The first kappa shape index (κ1) is 14.8. The minimum Gasteiger partial charge on any atom is -0.490 e. The molecular formula is C19H23NO2. The van der Waals surface area contributed by atoms with E-state index in [1.807, 2.05) is 26.0 Å². The number of hydrogen-bond acceptors (Lipinski definition) is 3. The van der Waals surface area contributed by atoms with E-state index in [1.165, 1.54) is 11.1 Å². The molecule has 116 valence electrons. The molecule has 0 saturated carbocycles. The van der Waals surface area contributed by atoms with E-state index in [0.29, 0.717) is 19.3 Å². The van der Waals surface area contributed by atoms with Crippen LogP contribution in [0.4, 0.5) is 5.69 Å². The predicted octanol–water partition coefficient (Wildman–Crippen LogP) is 4.58. The molecule has 0 saturated heterocycles. The van der Waals surface area contributed by atoms with Crippen LogP contribution < -0.4 is 14.8 Å². The minimum atomic E-state index is 0.378. The van der Waals surface area contributed by atoms with Crippen molar-refractivity contribution < 1.29 is 9.47 Å². The number of ether oxygens (including phenoxy) is 2. The summed E-state index contributed by atoms with van der Waals surface area (Å²) >= 11 is 0. The number of hydrogen-bond donors (Lipinski definition) is 1. The van der Waals surface area contributed by atoms with E-state index in [2.05, 4.69) is 35.6 Å². The molecule has 1 aliphatic carbocycles. The molecule has 0 heterocycles. The first-order chi connectivity index (χ1) is 10.8. The highest BCUT2D eigenvalue weighted by atomic mass is 16.5. The highest BCUT2D eigenvalue weighted by Gasteiger charge is 2.21. The lowest BCUT2D eigenvalue weighted by Crippen LogP contribution is -2.07. The topological polar surface area (TPSA) is 30.5 Å². The molecule has 2 aromatic rings. The van der Waals surface area contributed by atoms with Crippen LogP contribution in [0.1, 0.15) is 37.4 Å². The Morgan fingerprint density at radius 3 is 2.59 bits per heavy atom. The Morgan fingerprint density at radius 1 is 1.00 bits per heavy atom. The lowest BCUT2D eigenvalue weighted by Gasteiger charge is -2.18. The summed E-state index contributed by atoms with van der Waals surface area (Å²) in [6.07, 6.45) is 2.28. The van der Waals surface area contributed by atoms with Gasteiger partial charge in [-0.1, -0.05) is 24.3 Å². The van der Waals surface area contributed by atoms with Crippen LogP contribution in [-0.2, 0) is 6.42 Å². The van der Waals surface area contributed by atoms with E-state index in [0.717, 1.165) is 30.0 Å². The van der Waals surface area contributed by atoms with Crippen molar-refractivity contribution in [3.63, 3.8) is 0 Å². The number of nitrogens with one attached hydrogen (secondary N) is 1. The smallest absolute Gasteiger partial charge is 0.163 e. The SMILES string of the molecule is CCOc1ccc(NC2CCc3ccccc32)cc1OCC. The Labute approximate surface area is 132 Å². The zero-order valence-corrected chi connectivity index (χ0v) is 13.3. The van der Waals surface area contributed by atoms with Crippen LogP contribution in [0.15, 0.2) is 42.5 Å². The van der Waals surface area contributed by atoms with Crippen molar-refractivity contribution in [2.45, 2.75) is 32.7 Å². The summed E-state index contributed by atoms with van der Waals surface area (Å²) in [7, 11) is 0. The fraction of sp³-hybridized carbons (Fsp3) is 0.368. The molecule has 0 aliphatic heterocycles. The van der Waals surface area contributed by atoms with Gasteiger partial charge in [-0.15, -0.1) is 0 Å². The van der Waals surface area contributed by atoms with Crippen LogP contribution in [0.5, 0.6) is 11.5 Å². The summed E-state index contributed by atoms with van der Waals surface area (Å²) in [5.74, 6) is 1.61. The van der Waals surface area contributed by atoms with Gasteiger partial charge in [0.1, 0.15) is 0 Å². The molecule has 0 bridgehead atoms.